The van der Waals surface area contributed by atoms with Crippen LogP contribution in [0.3, 0.4) is 0 Å². The third-order valence-electron chi connectivity index (χ3n) is 4.26. The van der Waals surface area contributed by atoms with Crippen molar-refractivity contribution in [2.45, 2.75) is 13.3 Å². The lowest BCUT2D eigenvalue weighted by molar-refractivity contribution is 0.0996. The normalized spacial score (nSPS) is 12.9. The smallest absolute Gasteiger partial charge is 0.180 e. The van der Waals surface area contributed by atoms with Crippen LogP contribution in [0.2, 0.25) is 0 Å². The maximum Gasteiger partial charge on any atom is 0.180 e. The van der Waals surface area contributed by atoms with E-state index in [1.807, 2.05) is 12.1 Å². The van der Waals surface area contributed by atoms with Gasteiger partial charge in [0, 0.05) is 41.7 Å². The van der Waals surface area contributed by atoms with Crippen LogP contribution in [0.4, 0.5) is 11.5 Å². The number of fused-ring (bicyclic) bond motifs is 1. The zero-order valence-corrected chi connectivity index (χ0v) is 14.0. The lowest BCUT2D eigenvalue weighted by atomic mass is 10.0. The van der Waals surface area contributed by atoms with Crippen LogP contribution in [0, 0.1) is 0 Å². The number of carbonyl (C=O) groups is 2. The number of benzene rings is 1. The van der Waals surface area contributed by atoms with E-state index in [0.29, 0.717) is 34.0 Å². The lowest BCUT2D eigenvalue weighted by Gasteiger charge is -2.11. The SMILES string of the molecule is CC(=O)c1ccc(-c2cn(-c3nccc4c3N=CCC4=O)nc2N)cc1. The molecule has 0 spiro atoms. The first-order chi connectivity index (χ1) is 12.5. The molecule has 0 aliphatic carbocycles. The molecule has 0 atom stereocenters. The second kappa shape index (κ2) is 6.03. The van der Waals surface area contributed by atoms with Gasteiger partial charge in [0.25, 0.3) is 0 Å². The monoisotopic (exact) mass is 345 g/mol. The second-order valence-electron chi connectivity index (χ2n) is 5.98. The van der Waals surface area contributed by atoms with Crippen molar-refractivity contribution in [3.63, 3.8) is 0 Å². The van der Waals surface area contributed by atoms with Gasteiger partial charge in [-0.25, -0.2) is 9.67 Å². The summed E-state index contributed by atoms with van der Waals surface area (Å²) in [5.74, 6) is 0.776. The molecule has 1 aromatic carbocycles. The van der Waals surface area contributed by atoms with Crippen LogP contribution in [-0.2, 0) is 0 Å². The third-order valence-corrected chi connectivity index (χ3v) is 4.26. The number of hydrogen-bond acceptors (Lipinski definition) is 6. The summed E-state index contributed by atoms with van der Waals surface area (Å²) in [7, 11) is 0. The van der Waals surface area contributed by atoms with E-state index in [1.54, 1.807) is 36.8 Å². The second-order valence-corrected chi connectivity index (χ2v) is 5.98. The summed E-state index contributed by atoms with van der Waals surface area (Å²) in [5.41, 5.74) is 9.28. The van der Waals surface area contributed by atoms with Gasteiger partial charge in [0.05, 0.1) is 0 Å². The number of aliphatic imine (C=N–C) groups is 1. The molecule has 1 aliphatic rings. The van der Waals surface area contributed by atoms with Crippen molar-refractivity contribution in [1.29, 1.82) is 0 Å². The maximum atomic E-state index is 12.0. The summed E-state index contributed by atoms with van der Waals surface area (Å²) < 4.78 is 1.53. The Kier molecular flexibility index (Phi) is 3.69. The molecule has 3 aromatic rings. The van der Waals surface area contributed by atoms with E-state index in [0.717, 1.165) is 5.56 Å². The summed E-state index contributed by atoms with van der Waals surface area (Å²) in [6, 6.07) is 8.81. The largest absolute Gasteiger partial charge is 0.382 e. The average molecular weight is 345 g/mol. The predicted octanol–water partition coefficient (Wildman–Crippen LogP) is 3.01. The highest BCUT2D eigenvalue weighted by Crippen LogP contribution is 2.32. The van der Waals surface area contributed by atoms with Crippen molar-refractivity contribution in [2.75, 3.05) is 5.73 Å². The molecular weight excluding hydrogens is 330 g/mol. The summed E-state index contributed by atoms with van der Waals surface area (Å²) in [5, 5.41) is 4.33. The van der Waals surface area contributed by atoms with E-state index in [2.05, 4.69) is 15.1 Å². The molecule has 3 heterocycles. The standard InChI is InChI=1S/C19H15N5O2/c1-11(25)12-2-4-13(5-3-12)15-10-24(23-18(15)20)19-17-14(6-8-22-19)16(26)7-9-21-17/h2-6,8-10H,7H2,1H3,(H2,20,23). The molecule has 128 valence electrons. The van der Waals surface area contributed by atoms with Gasteiger partial charge in [-0.2, -0.15) is 0 Å². The van der Waals surface area contributed by atoms with E-state index in [1.165, 1.54) is 11.6 Å². The highest BCUT2D eigenvalue weighted by atomic mass is 16.1. The fourth-order valence-corrected chi connectivity index (χ4v) is 2.90. The molecule has 4 rings (SSSR count). The van der Waals surface area contributed by atoms with E-state index in [4.69, 9.17) is 5.73 Å². The molecule has 26 heavy (non-hydrogen) atoms. The number of rotatable bonds is 3. The molecule has 0 amide bonds. The van der Waals surface area contributed by atoms with Crippen molar-refractivity contribution in [3.8, 4) is 16.9 Å². The Balaban J connectivity index is 1.79. The number of ketones is 2. The molecule has 0 fully saturated rings. The van der Waals surface area contributed by atoms with Crippen LogP contribution in [0.5, 0.6) is 0 Å². The highest BCUT2D eigenvalue weighted by molar-refractivity contribution is 6.10. The van der Waals surface area contributed by atoms with Crippen molar-refractivity contribution < 1.29 is 9.59 Å². The molecule has 0 saturated carbocycles. The van der Waals surface area contributed by atoms with Crippen LogP contribution in [-0.4, -0.2) is 32.5 Å². The van der Waals surface area contributed by atoms with Gasteiger partial charge in [0.2, 0.25) is 0 Å². The Morgan fingerprint density at radius 2 is 1.92 bits per heavy atom. The number of pyridine rings is 1. The highest BCUT2D eigenvalue weighted by Gasteiger charge is 2.20. The van der Waals surface area contributed by atoms with Crippen molar-refractivity contribution in [1.82, 2.24) is 14.8 Å². The number of carbonyl (C=O) groups excluding carboxylic acids is 2. The van der Waals surface area contributed by atoms with E-state index in [9.17, 15) is 9.59 Å². The van der Waals surface area contributed by atoms with Gasteiger partial charge in [0.15, 0.2) is 23.2 Å². The third kappa shape index (κ3) is 2.59. The van der Waals surface area contributed by atoms with Gasteiger partial charge in [-0.3, -0.25) is 14.6 Å². The number of anilines is 1. The Morgan fingerprint density at radius 3 is 2.65 bits per heavy atom. The first-order valence-electron chi connectivity index (χ1n) is 8.06. The van der Waals surface area contributed by atoms with Crippen molar-refractivity contribution in [2.24, 2.45) is 4.99 Å². The van der Waals surface area contributed by atoms with Crippen LogP contribution in [0.25, 0.3) is 16.9 Å². The molecule has 2 aromatic heterocycles. The zero-order valence-electron chi connectivity index (χ0n) is 14.0. The van der Waals surface area contributed by atoms with Crippen LogP contribution in [0.1, 0.15) is 34.1 Å². The van der Waals surface area contributed by atoms with Gasteiger partial charge in [-0.1, -0.05) is 24.3 Å². The minimum atomic E-state index is -0.00109. The predicted molar refractivity (Wildman–Crippen MR) is 98.3 cm³/mol. The number of aromatic nitrogens is 3. The van der Waals surface area contributed by atoms with Gasteiger partial charge in [0.1, 0.15) is 5.69 Å². The Bertz CT molecular complexity index is 1060. The minimum absolute atomic E-state index is 0.00109. The molecule has 0 saturated heterocycles. The summed E-state index contributed by atoms with van der Waals surface area (Å²) in [4.78, 5) is 32.1. The molecule has 7 heteroatoms. The first-order valence-corrected chi connectivity index (χ1v) is 8.06. The molecular formula is C19H15N5O2. The number of Topliss-reactive ketones (excluding diaryl/α,β-unsaturated/α-hetero) is 2. The topological polar surface area (TPSA) is 103 Å². The molecule has 1 aliphatic heterocycles. The van der Waals surface area contributed by atoms with Crippen molar-refractivity contribution in [3.05, 3.63) is 53.9 Å². The van der Waals surface area contributed by atoms with Gasteiger partial charge < -0.3 is 5.73 Å². The van der Waals surface area contributed by atoms with E-state index < -0.39 is 0 Å². The molecule has 0 unspecified atom stereocenters. The number of hydrogen-bond donors (Lipinski definition) is 1. The minimum Gasteiger partial charge on any atom is -0.382 e. The summed E-state index contributed by atoms with van der Waals surface area (Å²) in [6.45, 7) is 1.52. The fraction of sp³-hybridized carbons (Fsp3) is 0.105. The summed E-state index contributed by atoms with van der Waals surface area (Å²) >= 11 is 0. The number of nitrogens with two attached hydrogens (primary N) is 1. The summed E-state index contributed by atoms with van der Waals surface area (Å²) in [6.07, 6.45) is 5.16. The number of nitrogen functional groups attached to an aromatic ring is 1. The van der Waals surface area contributed by atoms with Gasteiger partial charge >= 0.3 is 0 Å². The Morgan fingerprint density at radius 1 is 1.15 bits per heavy atom. The van der Waals surface area contributed by atoms with E-state index in [-0.39, 0.29) is 18.0 Å². The zero-order chi connectivity index (χ0) is 18.3. The van der Waals surface area contributed by atoms with Crippen LogP contribution in [0.15, 0.2) is 47.7 Å². The van der Waals surface area contributed by atoms with Crippen LogP contribution >= 0.6 is 0 Å². The average Bonchev–Trinajstić information content (AvgIpc) is 3.03. The Labute approximate surface area is 149 Å². The first kappa shape index (κ1) is 15.9. The fourth-order valence-electron chi connectivity index (χ4n) is 2.90. The quantitative estimate of drug-likeness (QED) is 0.735. The van der Waals surface area contributed by atoms with Gasteiger partial charge in [-0.15, -0.1) is 5.10 Å². The molecule has 2 N–H and O–H groups in total. The number of nitrogens with zero attached hydrogens (tertiary/aromatic N) is 4. The molecule has 0 bridgehead atoms. The molecule has 7 nitrogen and oxygen atoms in total. The van der Waals surface area contributed by atoms with Crippen molar-refractivity contribution >= 4 is 29.3 Å². The van der Waals surface area contributed by atoms with Crippen LogP contribution < -0.4 is 5.73 Å². The van der Waals surface area contributed by atoms with Gasteiger partial charge in [-0.05, 0) is 18.6 Å². The Hall–Kier alpha value is -3.61. The maximum absolute atomic E-state index is 12.0. The lowest BCUT2D eigenvalue weighted by Crippen LogP contribution is -2.09. The molecule has 0 radical (unpaired) electrons. The van der Waals surface area contributed by atoms with E-state index >= 15 is 0 Å².